The average Bonchev–Trinajstić information content (AvgIpc) is 3.17. The zero-order valence-electron chi connectivity index (χ0n) is 23.5. The molecule has 0 aromatic heterocycles. The Morgan fingerprint density at radius 1 is 0.971 bits per heavy atom. The van der Waals surface area contributed by atoms with E-state index in [0.29, 0.717) is 22.2 Å². The lowest BCUT2D eigenvalue weighted by Gasteiger charge is -2.59. The fraction of sp³-hybridized carbons (Fsp3) is 1.00. The second kappa shape index (κ2) is 7.94. The molecule has 0 radical (unpaired) electrons. The smallest absolute Gasteiger partial charge is 0.0852 e. The molecule has 0 saturated heterocycles. The first kappa shape index (κ1) is 25.5. The van der Waals surface area contributed by atoms with E-state index in [4.69, 9.17) is 4.74 Å². The van der Waals surface area contributed by atoms with E-state index in [9.17, 15) is 10.2 Å². The van der Waals surface area contributed by atoms with E-state index in [1.165, 1.54) is 44.9 Å². The normalized spacial score (nSPS) is 52.2. The Morgan fingerprint density at radius 3 is 2.32 bits per heavy atom. The SMILES string of the molecule is COC(CCCC1C(C)CC2C3CCC4C(C)(C)C(O)CCC45C(C)C35CCC12C)C(C)(C)O. The van der Waals surface area contributed by atoms with Gasteiger partial charge in [-0.25, -0.2) is 0 Å². The van der Waals surface area contributed by atoms with Crippen molar-refractivity contribution in [1.29, 1.82) is 0 Å². The maximum atomic E-state index is 10.9. The van der Waals surface area contributed by atoms with E-state index in [0.717, 1.165) is 48.9 Å². The van der Waals surface area contributed by atoms with Gasteiger partial charge < -0.3 is 14.9 Å². The third kappa shape index (κ3) is 3.11. The van der Waals surface area contributed by atoms with Gasteiger partial charge in [-0.05, 0) is 129 Å². The first-order valence-corrected chi connectivity index (χ1v) is 14.7. The highest BCUT2D eigenvalue weighted by atomic mass is 16.5. The summed E-state index contributed by atoms with van der Waals surface area (Å²) < 4.78 is 5.65. The summed E-state index contributed by atoms with van der Waals surface area (Å²) in [4.78, 5) is 0. The van der Waals surface area contributed by atoms with E-state index >= 15 is 0 Å². The number of hydrogen-bond acceptors (Lipinski definition) is 3. The lowest BCUT2D eigenvalue weighted by Crippen LogP contribution is -2.54. The highest BCUT2D eigenvalue weighted by Crippen LogP contribution is 2.89. The Bertz CT molecular complexity index is 784. The number of hydrogen-bond donors (Lipinski definition) is 2. The van der Waals surface area contributed by atoms with Crippen molar-refractivity contribution in [2.45, 2.75) is 130 Å². The summed E-state index contributed by atoms with van der Waals surface area (Å²) in [6.07, 6.45) is 12.5. The Hall–Kier alpha value is -0.120. The summed E-state index contributed by atoms with van der Waals surface area (Å²) in [6.45, 7) is 16.3. The van der Waals surface area contributed by atoms with Gasteiger partial charge in [-0.2, -0.15) is 0 Å². The van der Waals surface area contributed by atoms with Gasteiger partial charge in [0.05, 0.1) is 17.8 Å². The van der Waals surface area contributed by atoms with Crippen LogP contribution in [0, 0.1) is 57.2 Å². The largest absolute Gasteiger partial charge is 0.393 e. The van der Waals surface area contributed by atoms with Gasteiger partial charge in [-0.3, -0.25) is 0 Å². The molecule has 5 rings (SSSR count). The standard InChI is InChI=1S/C31H54O3/c1-19-18-23-22-12-13-24-27(3,4)25(32)14-15-31(24)20(2)30(22,31)17-16-29(23,7)21(19)10-9-11-26(34-8)28(5,6)33/h19-26,32-33H,9-18H2,1-8H3. The van der Waals surface area contributed by atoms with Crippen LogP contribution in [0.15, 0.2) is 0 Å². The van der Waals surface area contributed by atoms with Crippen molar-refractivity contribution >= 4 is 0 Å². The van der Waals surface area contributed by atoms with E-state index in [1.54, 1.807) is 7.11 Å². The predicted octanol–water partition coefficient (Wildman–Crippen LogP) is 6.84. The summed E-state index contributed by atoms with van der Waals surface area (Å²) >= 11 is 0. The summed E-state index contributed by atoms with van der Waals surface area (Å²) in [5.74, 6) is 4.95. The van der Waals surface area contributed by atoms with Crippen LogP contribution in [0.25, 0.3) is 0 Å². The van der Waals surface area contributed by atoms with Gasteiger partial charge in [0.15, 0.2) is 0 Å². The Balaban J connectivity index is 1.35. The van der Waals surface area contributed by atoms with Crippen molar-refractivity contribution < 1.29 is 14.9 Å². The molecule has 5 fully saturated rings. The van der Waals surface area contributed by atoms with Crippen LogP contribution in [-0.4, -0.2) is 35.1 Å². The van der Waals surface area contributed by atoms with E-state index in [-0.39, 0.29) is 17.6 Å². The van der Waals surface area contributed by atoms with Crippen molar-refractivity contribution in [2.75, 3.05) is 7.11 Å². The fourth-order valence-corrected chi connectivity index (χ4v) is 12.0. The molecule has 34 heavy (non-hydrogen) atoms. The molecule has 5 aliphatic carbocycles. The fourth-order valence-electron chi connectivity index (χ4n) is 12.0. The van der Waals surface area contributed by atoms with Crippen LogP contribution in [0.2, 0.25) is 0 Å². The third-order valence-corrected chi connectivity index (χ3v) is 13.6. The van der Waals surface area contributed by atoms with Crippen molar-refractivity contribution in [1.82, 2.24) is 0 Å². The highest BCUT2D eigenvalue weighted by molar-refractivity contribution is 5.32. The summed E-state index contributed by atoms with van der Waals surface area (Å²) in [5, 5.41) is 21.4. The maximum Gasteiger partial charge on any atom is 0.0852 e. The molecule has 0 bridgehead atoms. The summed E-state index contributed by atoms with van der Waals surface area (Å²) in [6, 6.07) is 0. The molecule has 3 nitrogen and oxygen atoms in total. The predicted molar refractivity (Wildman–Crippen MR) is 138 cm³/mol. The lowest BCUT2D eigenvalue weighted by atomic mass is 9.46. The molecule has 11 atom stereocenters. The summed E-state index contributed by atoms with van der Waals surface area (Å²) in [7, 11) is 1.74. The minimum absolute atomic E-state index is 0.0742. The number of methoxy groups -OCH3 is 1. The van der Waals surface area contributed by atoms with Crippen LogP contribution in [0.3, 0.4) is 0 Å². The molecule has 3 heteroatoms. The first-order chi connectivity index (χ1) is 15.8. The Labute approximate surface area is 209 Å². The lowest BCUT2D eigenvalue weighted by molar-refractivity contribution is -0.132. The van der Waals surface area contributed by atoms with Crippen molar-refractivity contribution in [2.24, 2.45) is 57.2 Å². The zero-order valence-corrected chi connectivity index (χ0v) is 23.5. The second-order valence-corrected chi connectivity index (χ2v) is 15.2. The van der Waals surface area contributed by atoms with E-state index < -0.39 is 5.60 Å². The molecule has 2 spiro atoms. The molecule has 196 valence electrons. The van der Waals surface area contributed by atoms with Crippen molar-refractivity contribution in [3.8, 4) is 0 Å². The molecular weight excluding hydrogens is 420 g/mol. The molecular formula is C31H54O3. The van der Waals surface area contributed by atoms with Crippen LogP contribution >= 0.6 is 0 Å². The number of fused-ring (bicyclic) bond motifs is 2. The molecule has 0 aromatic rings. The third-order valence-electron chi connectivity index (χ3n) is 13.6. The molecule has 0 aromatic carbocycles. The van der Waals surface area contributed by atoms with Gasteiger partial charge in [0.1, 0.15) is 0 Å². The van der Waals surface area contributed by atoms with E-state index in [2.05, 4.69) is 34.6 Å². The number of aliphatic hydroxyl groups excluding tert-OH is 1. The minimum Gasteiger partial charge on any atom is -0.393 e. The maximum absolute atomic E-state index is 10.9. The van der Waals surface area contributed by atoms with Gasteiger partial charge in [0, 0.05) is 7.11 Å². The molecule has 0 heterocycles. The quantitative estimate of drug-likeness (QED) is 0.443. The van der Waals surface area contributed by atoms with Crippen LogP contribution in [-0.2, 0) is 4.74 Å². The molecule has 0 amide bonds. The molecule has 2 N–H and O–H groups in total. The highest BCUT2D eigenvalue weighted by Gasteiger charge is 2.84. The Morgan fingerprint density at radius 2 is 1.68 bits per heavy atom. The van der Waals surface area contributed by atoms with E-state index in [1.807, 2.05) is 13.8 Å². The van der Waals surface area contributed by atoms with Gasteiger partial charge in [0.2, 0.25) is 0 Å². The number of aliphatic hydroxyl groups is 2. The van der Waals surface area contributed by atoms with Crippen LogP contribution in [0.1, 0.15) is 113 Å². The van der Waals surface area contributed by atoms with Crippen LogP contribution in [0.5, 0.6) is 0 Å². The topological polar surface area (TPSA) is 49.7 Å². The van der Waals surface area contributed by atoms with Gasteiger partial charge in [-0.1, -0.05) is 41.0 Å². The Kier molecular flexibility index (Phi) is 5.96. The molecule has 5 aliphatic rings. The van der Waals surface area contributed by atoms with Gasteiger partial charge in [-0.15, -0.1) is 0 Å². The van der Waals surface area contributed by atoms with Crippen LogP contribution in [0.4, 0.5) is 0 Å². The van der Waals surface area contributed by atoms with Crippen molar-refractivity contribution in [3.63, 3.8) is 0 Å². The molecule has 0 aliphatic heterocycles. The van der Waals surface area contributed by atoms with Gasteiger partial charge in [0.25, 0.3) is 0 Å². The summed E-state index contributed by atoms with van der Waals surface area (Å²) in [5.41, 5.74) is 0.863. The average molecular weight is 475 g/mol. The molecule has 11 unspecified atom stereocenters. The van der Waals surface area contributed by atoms with Gasteiger partial charge >= 0.3 is 0 Å². The molecule has 5 saturated carbocycles. The first-order valence-electron chi connectivity index (χ1n) is 14.7. The van der Waals surface area contributed by atoms with Crippen LogP contribution < -0.4 is 0 Å². The number of rotatable bonds is 6. The second-order valence-electron chi connectivity index (χ2n) is 15.2. The number of ether oxygens (including phenoxy) is 1. The monoisotopic (exact) mass is 474 g/mol. The zero-order chi connectivity index (χ0) is 24.9. The van der Waals surface area contributed by atoms with Crippen molar-refractivity contribution in [3.05, 3.63) is 0 Å². The minimum atomic E-state index is -0.768.